The fraction of sp³-hybridized carbons (Fsp3) is 0.250. The van der Waals surface area contributed by atoms with Gasteiger partial charge in [-0.15, -0.1) is 0 Å². The number of esters is 1. The molecule has 6 nitrogen and oxygen atoms in total. The number of methoxy groups -OCH3 is 1. The number of carbonyl (C=O) groups is 3. The number of nitrogens with one attached hydrogen (secondary N) is 1. The van der Waals surface area contributed by atoms with E-state index in [1.54, 1.807) is 30.0 Å². The summed E-state index contributed by atoms with van der Waals surface area (Å²) in [6.45, 7) is 2.16. The van der Waals surface area contributed by atoms with Crippen molar-refractivity contribution in [3.63, 3.8) is 0 Å². The number of hydrogen-bond acceptors (Lipinski definition) is 4. The number of benzene rings is 2. The summed E-state index contributed by atoms with van der Waals surface area (Å²) in [5, 5.41) is 2.86. The largest absolute Gasteiger partial charge is 0.465 e. The lowest BCUT2D eigenvalue weighted by Gasteiger charge is -2.17. The van der Waals surface area contributed by atoms with Gasteiger partial charge in [-0.05, 0) is 42.8 Å². The van der Waals surface area contributed by atoms with Gasteiger partial charge in [0.1, 0.15) is 0 Å². The van der Waals surface area contributed by atoms with Crippen LogP contribution in [0.3, 0.4) is 0 Å². The molecule has 134 valence electrons. The molecule has 1 saturated heterocycles. The Labute approximate surface area is 151 Å². The Hall–Kier alpha value is -3.15. The minimum absolute atomic E-state index is 0.0610. The molecule has 0 saturated carbocycles. The normalized spacial score (nSPS) is 16.5. The van der Waals surface area contributed by atoms with Gasteiger partial charge in [-0.2, -0.15) is 0 Å². The van der Waals surface area contributed by atoms with Crippen molar-refractivity contribution in [2.45, 2.75) is 13.3 Å². The van der Waals surface area contributed by atoms with Crippen LogP contribution < -0.4 is 10.2 Å². The first-order chi connectivity index (χ1) is 12.5. The lowest BCUT2D eigenvalue weighted by Crippen LogP contribution is -2.28. The van der Waals surface area contributed by atoms with E-state index in [9.17, 15) is 14.4 Å². The zero-order chi connectivity index (χ0) is 18.7. The first-order valence-corrected chi connectivity index (χ1v) is 8.35. The summed E-state index contributed by atoms with van der Waals surface area (Å²) in [5.74, 6) is -1.10. The molecule has 1 heterocycles. The maximum Gasteiger partial charge on any atom is 0.337 e. The molecule has 6 heteroatoms. The lowest BCUT2D eigenvalue weighted by atomic mass is 10.1. The van der Waals surface area contributed by atoms with Crippen molar-refractivity contribution < 1.29 is 19.1 Å². The van der Waals surface area contributed by atoms with Crippen molar-refractivity contribution >= 4 is 29.2 Å². The van der Waals surface area contributed by atoms with Crippen molar-refractivity contribution in [1.29, 1.82) is 0 Å². The fourth-order valence-corrected chi connectivity index (χ4v) is 3.02. The summed E-state index contributed by atoms with van der Waals surface area (Å²) in [7, 11) is 1.32. The number of nitrogens with zero attached hydrogens (tertiary/aromatic N) is 1. The molecule has 1 fully saturated rings. The summed E-state index contributed by atoms with van der Waals surface area (Å²) < 4.78 is 4.69. The molecule has 1 unspecified atom stereocenters. The average molecular weight is 352 g/mol. The second-order valence-corrected chi connectivity index (χ2v) is 6.25. The standard InChI is InChI=1S/C20H20N2O4/c1-13-10-14(20(25)26-2)8-9-17(13)21-19(24)15-11-18(23)22(12-15)16-6-4-3-5-7-16/h3-10,15H,11-12H2,1-2H3,(H,21,24). The number of carbonyl (C=O) groups excluding carboxylic acids is 3. The fourth-order valence-electron chi connectivity index (χ4n) is 3.02. The second kappa shape index (κ2) is 7.39. The number of ether oxygens (including phenoxy) is 1. The number of para-hydroxylation sites is 1. The van der Waals surface area contributed by atoms with Crippen LogP contribution >= 0.6 is 0 Å². The van der Waals surface area contributed by atoms with Crippen molar-refractivity contribution in [2.75, 3.05) is 23.9 Å². The predicted octanol–water partition coefficient (Wildman–Crippen LogP) is 2.77. The van der Waals surface area contributed by atoms with E-state index in [1.165, 1.54) is 7.11 Å². The molecule has 0 aliphatic carbocycles. The molecule has 2 aromatic rings. The Morgan fingerprint density at radius 3 is 2.54 bits per heavy atom. The number of aryl methyl sites for hydroxylation is 1. The minimum Gasteiger partial charge on any atom is -0.465 e. The monoisotopic (exact) mass is 352 g/mol. The van der Waals surface area contributed by atoms with E-state index in [2.05, 4.69) is 10.1 Å². The van der Waals surface area contributed by atoms with Crippen LogP contribution in [0.5, 0.6) is 0 Å². The van der Waals surface area contributed by atoms with E-state index in [0.717, 1.165) is 11.3 Å². The van der Waals surface area contributed by atoms with Crippen LogP contribution in [0.2, 0.25) is 0 Å². The van der Waals surface area contributed by atoms with Gasteiger partial charge in [-0.25, -0.2) is 4.79 Å². The van der Waals surface area contributed by atoms with Crippen LogP contribution in [0.1, 0.15) is 22.3 Å². The maximum atomic E-state index is 12.6. The molecule has 0 radical (unpaired) electrons. The molecular weight excluding hydrogens is 332 g/mol. The third-order valence-electron chi connectivity index (χ3n) is 4.47. The topological polar surface area (TPSA) is 75.7 Å². The van der Waals surface area contributed by atoms with Crippen LogP contribution in [-0.2, 0) is 14.3 Å². The Morgan fingerprint density at radius 2 is 1.88 bits per heavy atom. The number of anilines is 2. The molecule has 0 aromatic heterocycles. The molecule has 2 amide bonds. The Balaban J connectivity index is 1.69. The van der Waals surface area contributed by atoms with Gasteiger partial charge in [-0.3, -0.25) is 9.59 Å². The second-order valence-electron chi connectivity index (χ2n) is 6.25. The van der Waals surface area contributed by atoms with E-state index < -0.39 is 11.9 Å². The van der Waals surface area contributed by atoms with Crippen molar-refractivity contribution in [3.8, 4) is 0 Å². The molecule has 0 spiro atoms. The Kier molecular flexibility index (Phi) is 5.02. The summed E-state index contributed by atoms with van der Waals surface area (Å²) in [4.78, 5) is 38.0. The SMILES string of the molecule is COC(=O)c1ccc(NC(=O)C2CC(=O)N(c3ccccc3)C2)c(C)c1. The van der Waals surface area contributed by atoms with Crippen LogP contribution in [0.4, 0.5) is 11.4 Å². The van der Waals surface area contributed by atoms with Crippen LogP contribution in [-0.4, -0.2) is 31.4 Å². The van der Waals surface area contributed by atoms with Crippen LogP contribution in [0.15, 0.2) is 48.5 Å². The first-order valence-electron chi connectivity index (χ1n) is 8.35. The molecular formula is C20H20N2O4. The molecule has 2 aromatic carbocycles. The van der Waals surface area contributed by atoms with E-state index in [0.29, 0.717) is 17.8 Å². The maximum absolute atomic E-state index is 12.6. The van der Waals surface area contributed by atoms with Gasteiger partial charge < -0.3 is 15.0 Å². The molecule has 0 bridgehead atoms. The zero-order valence-electron chi connectivity index (χ0n) is 14.7. The van der Waals surface area contributed by atoms with Gasteiger partial charge in [0.2, 0.25) is 11.8 Å². The minimum atomic E-state index is -0.425. The number of rotatable bonds is 4. The summed E-state index contributed by atoms with van der Waals surface area (Å²) in [5.41, 5.74) is 2.60. The van der Waals surface area contributed by atoms with Crippen LogP contribution in [0.25, 0.3) is 0 Å². The Morgan fingerprint density at radius 1 is 1.15 bits per heavy atom. The highest BCUT2D eigenvalue weighted by atomic mass is 16.5. The predicted molar refractivity (Wildman–Crippen MR) is 98.1 cm³/mol. The van der Waals surface area contributed by atoms with Gasteiger partial charge in [-0.1, -0.05) is 18.2 Å². The molecule has 1 atom stereocenters. The lowest BCUT2D eigenvalue weighted by molar-refractivity contribution is -0.122. The van der Waals surface area contributed by atoms with Gasteiger partial charge in [0, 0.05) is 24.3 Å². The van der Waals surface area contributed by atoms with Crippen LogP contribution in [0, 0.1) is 12.8 Å². The highest BCUT2D eigenvalue weighted by Crippen LogP contribution is 2.26. The third kappa shape index (κ3) is 3.59. The molecule has 26 heavy (non-hydrogen) atoms. The highest BCUT2D eigenvalue weighted by molar-refractivity contribution is 6.03. The van der Waals surface area contributed by atoms with Crippen molar-refractivity contribution in [2.24, 2.45) is 5.92 Å². The van der Waals surface area contributed by atoms with E-state index in [1.807, 2.05) is 30.3 Å². The average Bonchev–Trinajstić information content (AvgIpc) is 3.05. The van der Waals surface area contributed by atoms with Gasteiger partial charge in [0.05, 0.1) is 18.6 Å². The summed E-state index contributed by atoms with van der Waals surface area (Å²) in [6.07, 6.45) is 0.181. The molecule has 1 aliphatic rings. The van der Waals surface area contributed by atoms with E-state index in [4.69, 9.17) is 0 Å². The zero-order valence-corrected chi connectivity index (χ0v) is 14.7. The smallest absolute Gasteiger partial charge is 0.337 e. The highest BCUT2D eigenvalue weighted by Gasteiger charge is 2.35. The number of amides is 2. The summed E-state index contributed by atoms with van der Waals surface area (Å²) in [6, 6.07) is 14.3. The van der Waals surface area contributed by atoms with Gasteiger partial charge >= 0.3 is 5.97 Å². The van der Waals surface area contributed by atoms with Gasteiger partial charge in [0.15, 0.2) is 0 Å². The van der Waals surface area contributed by atoms with Crippen molar-refractivity contribution in [1.82, 2.24) is 0 Å². The first kappa shape index (κ1) is 17.7. The Bertz CT molecular complexity index is 848. The third-order valence-corrected chi connectivity index (χ3v) is 4.47. The number of hydrogen-bond donors (Lipinski definition) is 1. The van der Waals surface area contributed by atoms with Gasteiger partial charge in [0.25, 0.3) is 0 Å². The van der Waals surface area contributed by atoms with E-state index in [-0.39, 0.29) is 18.2 Å². The summed E-state index contributed by atoms with van der Waals surface area (Å²) >= 11 is 0. The van der Waals surface area contributed by atoms with Crippen molar-refractivity contribution in [3.05, 3.63) is 59.7 Å². The quantitative estimate of drug-likeness (QED) is 0.859. The molecule has 1 aliphatic heterocycles. The molecule has 1 N–H and O–H groups in total. The van der Waals surface area contributed by atoms with E-state index >= 15 is 0 Å². The molecule has 3 rings (SSSR count).